The third-order valence-electron chi connectivity index (χ3n) is 12.9. The topological polar surface area (TPSA) is 236 Å². The Morgan fingerprint density at radius 3 is 0.634 bits per heavy atom. The Morgan fingerprint density at radius 2 is 0.573 bits per heavy atom. The number of thiazole rings is 2. The van der Waals surface area contributed by atoms with Crippen LogP contribution >= 0.6 is 22.7 Å². The average Bonchev–Trinajstić information content (AvgIpc) is 4.31. The van der Waals surface area contributed by atoms with Gasteiger partial charge in [0.1, 0.15) is 58.1 Å². The van der Waals surface area contributed by atoms with Gasteiger partial charge in [0.2, 0.25) is 0 Å². The molecule has 10 heterocycles. The fraction of sp³-hybridized carbons (Fsp3) is 0.552. The van der Waals surface area contributed by atoms with Gasteiger partial charge in [-0.15, -0.1) is 32.9 Å². The summed E-state index contributed by atoms with van der Waals surface area (Å²) in [4.78, 5) is 31.4. The average molecular weight is 1170 g/mol. The van der Waals surface area contributed by atoms with Gasteiger partial charge in [-0.25, -0.2) is 34.9 Å². The fourth-order valence-electron chi connectivity index (χ4n) is 6.66. The number of aryl methyl sites for hydroxylation is 27. The van der Waals surface area contributed by atoms with Crippen molar-refractivity contribution in [2.75, 3.05) is 0 Å². The molecule has 0 saturated carbocycles. The molecular weight excluding hydrogens is 1070 g/mol. The van der Waals surface area contributed by atoms with Crippen LogP contribution in [-0.2, 0) is 42.3 Å². The van der Waals surface area contributed by atoms with Crippen molar-refractivity contribution < 1.29 is 8.83 Å². The predicted molar refractivity (Wildman–Crippen MR) is 331 cm³/mol. The Hall–Kier alpha value is -7.34. The molecule has 0 radical (unpaired) electrons. The van der Waals surface area contributed by atoms with E-state index in [1.165, 1.54) is 53.7 Å². The smallest absolute Gasteiger partial charge is 0.191 e. The molecular formula is C58H96N20O2S2. The molecule has 0 unspecified atom stereocenters. The molecule has 0 spiro atoms. The minimum Gasteiger partial charge on any atom is -0.446 e. The Morgan fingerprint density at radius 1 is 0.293 bits per heavy atom. The zero-order valence-electron chi connectivity index (χ0n) is 55.6. The van der Waals surface area contributed by atoms with Crippen LogP contribution in [0.15, 0.2) is 8.83 Å². The van der Waals surface area contributed by atoms with Gasteiger partial charge in [-0.3, -0.25) is 23.4 Å². The van der Waals surface area contributed by atoms with Crippen LogP contribution in [0.25, 0.3) is 0 Å². The van der Waals surface area contributed by atoms with Crippen molar-refractivity contribution in [3.63, 3.8) is 0 Å². The molecule has 0 atom stereocenters. The SMILES string of the molecule is Cc1nc(C)c(C)o1.Cc1nc(C)c(C)o1.Cc1nc(C)c(C)s1.Cc1nc(C)c(C)s1.Cc1nc(C)n(C)n1.Cc1nc(C)n(C)n1.Cc1nc(C)n(C)n1.Cc1nn(C)c(C)c1C.Cc1nn(C)c(C)c1C.Cc1nnc(C)n1C. The molecule has 0 bridgehead atoms. The van der Waals surface area contributed by atoms with Crippen LogP contribution in [0.2, 0.25) is 0 Å². The third kappa shape index (κ3) is 25.2. The van der Waals surface area contributed by atoms with Crippen molar-refractivity contribution in [3.8, 4) is 0 Å². The van der Waals surface area contributed by atoms with Gasteiger partial charge in [0.05, 0.1) is 44.2 Å². The van der Waals surface area contributed by atoms with Crippen LogP contribution in [-0.4, -0.2) is 98.6 Å². The number of rotatable bonds is 0. The van der Waals surface area contributed by atoms with Crippen LogP contribution in [0.1, 0.15) is 146 Å². The summed E-state index contributed by atoms with van der Waals surface area (Å²) in [5.41, 5.74) is 11.7. The highest BCUT2D eigenvalue weighted by Gasteiger charge is 2.04. The molecule has 24 heteroatoms. The minimum atomic E-state index is 0.750. The second-order valence-corrected chi connectivity index (χ2v) is 22.5. The molecule has 10 aromatic rings. The lowest BCUT2D eigenvalue weighted by molar-refractivity contribution is 0.493. The molecule has 0 N–H and O–H groups in total. The lowest BCUT2D eigenvalue weighted by Crippen LogP contribution is -1.92. The largest absolute Gasteiger partial charge is 0.446 e. The van der Waals surface area contributed by atoms with E-state index in [4.69, 9.17) is 8.83 Å². The fourth-order valence-corrected chi connectivity index (χ4v) is 8.30. The second kappa shape index (κ2) is 34.2. The normalized spacial score (nSPS) is 9.95. The standard InChI is InChI=1S/2C7H12N2.2C6H9NO.2C6H9NS.4C5H9N3/c2*1-5-6(2)8-9(4)7(5)3;4*1-4-5(2)8-6(3)7-4;1-4-6-7-5(2)8(4)3;3*1-4-6-5(2)8(3)7-4/h2*1-4H3;8*1-3H3. The van der Waals surface area contributed by atoms with Crippen molar-refractivity contribution in [3.05, 3.63) is 146 Å². The van der Waals surface area contributed by atoms with Crippen LogP contribution in [0, 0.1) is 180 Å². The Balaban J connectivity index is 0.000000456. The van der Waals surface area contributed by atoms with E-state index in [1.54, 1.807) is 36.7 Å². The molecule has 0 aliphatic carbocycles. The lowest BCUT2D eigenvalue weighted by atomic mass is 10.2. The highest BCUT2D eigenvalue weighted by atomic mass is 32.1. The summed E-state index contributed by atoms with van der Waals surface area (Å²) in [6.45, 7) is 51.4. The van der Waals surface area contributed by atoms with E-state index in [1.807, 2.05) is 195 Å². The lowest BCUT2D eigenvalue weighted by Gasteiger charge is -1.90. The van der Waals surface area contributed by atoms with Gasteiger partial charge < -0.3 is 13.4 Å². The first-order valence-electron chi connectivity index (χ1n) is 26.8. The monoisotopic (exact) mass is 1170 g/mol. The van der Waals surface area contributed by atoms with Crippen molar-refractivity contribution in [2.45, 2.75) is 180 Å². The molecule has 82 heavy (non-hydrogen) atoms. The molecule has 0 aromatic carbocycles. The minimum absolute atomic E-state index is 0.750. The molecule has 10 rings (SSSR count). The Bertz CT molecular complexity index is 2800. The van der Waals surface area contributed by atoms with E-state index >= 15 is 0 Å². The van der Waals surface area contributed by atoms with E-state index in [-0.39, 0.29) is 0 Å². The summed E-state index contributed by atoms with van der Waals surface area (Å²) in [6.07, 6.45) is 0. The van der Waals surface area contributed by atoms with Gasteiger partial charge in [-0.1, -0.05) is 0 Å². The van der Waals surface area contributed by atoms with E-state index < -0.39 is 0 Å². The molecule has 0 aliphatic heterocycles. The quantitative estimate of drug-likeness (QED) is 0.137. The van der Waals surface area contributed by atoms with Crippen LogP contribution in [0.5, 0.6) is 0 Å². The van der Waals surface area contributed by atoms with Crippen LogP contribution in [0.3, 0.4) is 0 Å². The third-order valence-corrected chi connectivity index (χ3v) is 14.8. The number of oxazole rings is 2. The summed E-state index contributed by atoms with van der Waals surface area (Å²) in [6, 6.07) is 0. The summed E-state index contributed by atoms with van der Waals surface area (Å²) in [5, 5.41) is 30.5. The highest BCUT2D eigenvalue weighted by Crippen LogP contribution is 2.15. The van der Waals surface area contributed by atoms with E-state index in [9.17, 15) is 0 Å². The van der Waals surface area contributed by atoms with Crippen LogP contribution in [0.4, 0.5) is 0 Å². The Labute approximate surface area is 496 Å². The van der Waals surface area contributed by atoms with Gasteiger partial charge in [0, 0.05) is 77.3 Å². The zero-order valence-corrected chi connectivity index (χ0v) is 57.2. The second-order valence-electron chi connectivity index (χ2n) is 19.7. The van der Waals surface area contributed by atoms with E-state index in [0.29, 0.717) is 0 Å². The van der Waals surface area contributed by atoms with Crippen molar-refractivity contribution in [1.29, 1.82) is 0 Å². The summed E-state index contributed by atoms with van der Waals surface area (Å²) >= 11 is 3.52. The number of nitrogens with zero attached hydrogens (tertiary/aromatic N) is 20. The van der Waals surface area contributed by atoms with Crippen molar-refractivity contribution in [2.24, 2.45) is 42.3 Å². The maximum atomic E-state index is 5.10. The maximum Gasteiger partial charge on any atom is 0.191 e. The number of hydrogen-bond donors (Lipinski definition) is 0. The first kappa shape index (κ1) is 72.7. The predicted octanol–water partition coefficient (Wildman–Crippen LogP) is 11.8. The van der Waals surface area contributed by atoms with Crippen molar-refractivity contribution >= 4 is 22.7 Å². The molecule has 0 aliphatic rings. The maximum absolute atomic E-state index is 5.10. The van der Waals surface area contributed by atoms with Gasteiger partial charge in [0.25, 0.3) is 0 Å². The van der Waals surface area contributed by atoms with E-state index in [2.05, 4.69) is 112 Å². The van der Waals surface area contributed by atoms with Gasteiger partial charge in [0.15, 0.2) is 11.8 Å². The zero-order chi connectivity index (χ0) is 63.2. The molecule has 452 valence electrons. The summed E-state index contributed by atoms with van der Waals surface area (Å²) in [7, 11) is 11.5. The Kier molecular flexibility index (Phi) is 30.3. The molecule has 0 fully saturated rings. The number of hydrogen-bond acceptors (Lipinski definition) is 18. The first-order valence-corrected chi connectivity index (χ1v) is 28.4. The molecule has 0 amide bonds. The first-order chi connectivity index (χ1) is 37.9. The van der Waals surface area contributed by atoms with Gasteiger partial charge in [-0.2, -0.15) is 25.5 Å². The molecule has 0 saturated heterocycles. The van der Waals surface area contributed by atoms with Gasteiger partial charge >= 0.3 is 0 Å². The van der Waals surface area contributed by atoms with Crippen molar-refractivity contribution in [1.82, 2.24) is 98.6 Å². The molecule has 22 nitrogen and oxygen atoms in total. The molecule has 10 aromatic heterocycles. The summed E-state index contributed by atoms with van der Waals surface area (Å²) in [5.74, 6) is 10.7. The van der Waals surface area contributed by atoms with E-state index in [0.717, 1.165) is 92.7 Å². The van der Waals surface area contributed by atoms with Gasteiger partial charge in [-0.05, 0) is 177 Å². The number of aromatic nitrogens is 20. The summed E-state index contributed by atoms with van der Waals surface area (Å²) < 4.78 is 21.2. The highest BCUT2D eigenvalue weighted by molar-refractivity contribution is 7.11. The van der Waals surface area contributed by atoms with Crippen LogP contribution < -0.4 is 0 Å².